The maximum Gasteiger partial charge on any atom is 0.336 e. The molecule has 2 aromatic rings. The number of unbranched alkanes of at least 4 members (excludes halogenated alkanes) is 3. The lowest BCUT2D eigenvalue weighted by atomic mass is 9.97. The molecule has 0 spiro atoms. The molecule has 0 aliphatic carbocycles. The topological polar surface area (TPSA) is 37.3 Å². The van der Waals surface area contributed by atoms with E-state index in [9.17, 15) is 18.7 Å². The maximum atomic E-state index is 14.1. The van der Waals surface area contributed by atoms with Crippen molar-refractivity contribution in [2.75, 3.05) is 0 Å². The molecule has 0 amide bonds. The summed E-state index contributed by atoms with van der Waals surface area (Å²) >= 11 is 0. The number of carboxylic acids is 1. The van der Waals surface area contributed by atoms with Crippen molar-refractivity contribution in [3.63, 3.8) is 0 Å². The second-order valence-corrected chi connectivity index (χ2v) is 5.61. The van der Waals surface area contributed by atoms with Crippen LogP contribution in [0.15, 0.2) is 42.5 Å². The second-order valence-electron chi connectivity index (χ2n) is 5.61. The summed E-state index contributed by atoms with van der Waals surface area (Å²) in [5.74, 6) is -3.49. The Kier molecular flexibility index (Phi) is 6.24. The molecule has 1 N–H and O–H groups in total. The first kappa shape index (κ1) is 17.9. The van der Waals surface area contributed by atoms with Gasteiger partial charge in [0.15, 0.2) is 11.6 Å². The van der Waals surface area contributed by atoms with Crippen LogP contribution in [0, 0.1) is 11.6 Å². The highest BCUT2D eigenvalue weighted by Gasteiger charge is 2.19. The summed E-state index contributed by atoms with van der Waals surface area (Å²) in [4.78, 5) is 11.3. The zero-order valence-electron chi connectivity index (χ0n) is 13.6. The predicted octanol–water partition coefficient (Wildman–Crippen LogP) is 5.92. The van der Waals surface area contributed by atoms with Crippen LogP contribution in [0.1, 0.15) is 48.5 Å². The summed E-state index contributed by atoms with van der Waals surface area (Å²) < 4.78 is 27.6. The minimum Gasteiger partial charge on any atom is -0.478 e. The van der Waals surface area contributed by atoms with E-state index in [1.807, 2.05) is 6.08 Å². The highest BCUT2D eigenvalue weighted by atomic mass is 19.2. The molecule has 0 saturated heterocycles. The van der Waals surface area contributed by atoms with E-state index >= 15 is 0 Å². The number of halogens is 2. The quantitative estimate of drug-likeness (QED) is 0.639. The van der Waals surface area contributed by atoms with E-state index in [-0.39, 0.29) is 11.1 Å². The summed E-state index contributed by atoms with van der Waals surface area (Å²) in [6, 6.07) is 8.66. The lowest BCUT2D eigenvalue weighted by Crippen LogP contribution is -2.03. The molecule has 0 atom stereocenters. The fourth-order valence-electron chi connectivity index (χ4n) is 2.50. The van der Waals surface area contributed by atoms with Gasteiger partial charge in [-0.05, 0) is 36.1 Å². The molecule has 126 valence electrons. The normalized spacial score (nSPS) is 11.1. The third-order valence-electron chi connectivity index (χ3n) is 3.81. The van der Waals surface area contributed by atoms with E-state index in [2.05, 4.69) is 13.0 Å². The lowest BCUT2D eigenvalue weighted by Gasteiger charge is -2.09. The van der Waals surface area contributed by atoms with Gasteiger partial charge in [-0.2, -0.15) is 0 Å². The number of allylic oxidation sites excluding steroid dienone is 1. The first-order valence-corrected chi connectivity index (χ1v) is 8.03. The highest BCUT2D eigenvalue weighted by molar-refractivity contribution is 5.96. The molecule has 0 aliphatic rings. The van der Waals surface area contributed by atoms with Gasteiger partial charge >= 0.3 is 5.97 Å². The van der Waals surface area contributed by atoms with Gasteiger partial charge in [-0.15, -0.1) is 0 Å². The van der Waals surface area contributed by atoms with Gasteiger partial charge in [-0.25, -0.2) is 13.6 Å². The van der Waals surface area contributed by atoms with Crippen LogP contribution in [0.3, 0.4) is 0 Å². The molecule has 0 unspecified atom stereocenters. The molecular formula is C20H20F2O2. The van der Waals surface area contributed by atoms with E-state index in [0.29, 0.717) is 5.56 Å². The number of benzene rings is 2. The van der Waals surface area contributed by atoms with Crippen molar-refractivity contribution in [2.24, 2.45) is 0 Å². The zero-order valence-corrected chi connectivity index (χ0v) is 13.6. The fraction of sp³-hybridized carbons (Fsp3) is 0.250. The Morgan fingerprint density at radius 1 is 1.08 bits per heavy atom. The lowest BCUT2D eigenvalue weighted by molar-refractivity contribution is 0.0697. The highest BCUT2D eigenvalue weighted by Crippen LogP contribution is 2.29. The van der Waals surface area contributed by atoms with Gasteiger partial charge in [-0.1, -0.05) is 56.2 Å². The molecule has 4 heteroatoms. The molecule has 0 aromatic heterocycles. The van der Waals surface area contributed by atoms with Crippen molar-refractivity contribution in [1.29, 1.82) is 0 Å². The number of rotatable bonds is 7. The summed E-state index contributed by atoms with van der Waals surface area (Å²) in [7, 11) is 0. The monoisotopic (exact) mass is 330 g/mol. The smallest absolute Gasteiger partial charge is 0.336 e. The van der Waals surface area contributed by atoms with Crippen LogP contribution in [0.2, 0.25) is 0 Å². The van der Waals surface area contributed by atoms with Crippen molar-refractivity contribution < 1.29 is 18.7 Å². The Hall–Kier alpha value is -2.49. The van der Waals surface area contributed by atoms with Gasteiger partial charge in [0.1, 0.15) is 0 Å². The van der Waals surface area contributed by atoms with Gasteiger partial charge in [0.05, 0.1) is 5.56 Å². The Morgan fingerprint density at radius 2 is 1.79 bits per heavy atom. The van der Waals surface area contributed by atoms with Crippen LogP contribution < -0.4 is 0 Å². The van der Waals surface area contributed by atoms with E-state index in [0.717, 1.165) is 30.5 Å². The van der Waals surface area contributed by atoms with Gasteiger partial charge in [0.2, 0.25) is 0 Å². The van der Waals surface area contributed by atoms with Gasteiger partial charge in [0.25, 0.3) is 0 Å². The zero-order chi connectivity index (χ0) is 17.5. The van der Waals surface area contributed by atoms with Gasteiger partial charge in [-0.3, -0.25) is 0 Å². The van der Waals surface area contributed by atoms with Crippen molar-refractivity contribution in [1.82, 2.24) is 0 Å². The third-order valence-corrected chi connectivity index (χ3v) is 3.81. The third kappa shape index (κ3) is 4.28. The number of carbonyl (C=O) groups is 1. The number of hydrogen-bond donors (Lipinski definition) is 1. The molecular weight excluding hydrogens is 310 g/mol. The van der Waals surface area contributed by atoms with Crippen LogP contribution >= 0.6 is 0 Å². The standard InChI is InChI=1S/C20H20F2O2/c1-2-3-4-5-6-7-14-8-10-15(11-9-14)18-16(20(23)24)12-13-17(21)19(18)22/h6-13H,2-5H2,1H3,(H,23,24)/b7-6+. The molecule has 0 saturated carbocycles. The molecule has 2 aromatic carbocycles. The fourth-order valence-corrected chi connectivity index (χ4v) is 2.50. The molecule has 0 radical (unpaired) electrons. The molecule has 0 bridgehead atoms. The average molecular weight is 330 g/mol. The largest absolute Gasteiger partial charge is 0.478 e. The summed E-state index contributed by atoms with van der Waals surface area (Å²) in [5, 5.41) is 9.18. The summed E-state index contributed by atoms with van der Waals surface area (Å²) in [6.45, 7) is 2.15. The average Bonchev–Trinajstić information content (AvgIpc) is 2.57. The Morgan fingerprint density at radius 3 is 2.42 bits per heavy atom. The van der Waals surface area contributed by atoms with E-state index in [1.54, 1.807) is 24.3 Å². The minimum atomic E-state index is -1.29. The van der Waals surface area contributed by atoms with Crippen molar-refractivity contribution >= 4 is 12.0 Å². The molecule has 24 heavy (non-hydrogen) atoms. The van der Waals surface area contributed by atoms with Crippen molar-refractivity contribution in [2.45, 2.75) is 32.6 Å². The SMILES string of the molecule is CCCCC/C=C/c1ccc(-c2c(C(=O)O)ccc(F)c2F)cc1. The Balaban J connectivity index is 2.25. The van der Waals surface area contributed by atoms with Gasteiger partial charge < -0.3 is 5.11 Å². The molecule has 0 fully saturated rings. The van der Waals surface area contributed by atoms with Gasteiger partial charge in [0, 0.05) is 5.56 Å². The molecule has 0 heterocycles. The van der Waals surface area contributed by atoms with Crippen LogP contribution in [0.25, 0.3) is 17.2 Å². The van der Waals surface area contributed by atoms with E-state index in [4.69, 9.17) is 0 Å². The van der Waals surface area contributed by atoms with Crippen molar-refractivity contribution in [3.8, 4) is 11.1 Å². The van der Waals surface area contributed by atoms with Crippen LogP contribution in [-0.2, 0) is 0 Å². The summed E-state index contributed by atoms with van der Waals surface area (Å²) in [6.07, 6.45) is 8.56. The van der Waals surface area contributed by atoms with E-state index < -0.39 is 17.6 Å². The first-order valence-electron chi connectivity index (χ1n) is 8.03. The predicted molar refractivity (Wildman–Crippen MR) is 91.9 cm³/mol. The minimum absolute atomic E-state index is 0.221. The maximum absolute atomic E-state index is 14.1. The number of aromatic carboxylic acids is 1. The Bertz CT molecular complexity index is 734. The molecule has 2 nitrogen and oxygen atoms in total. The van der Waals surface area contributed by atoms with Crippen LogP contribution in [0.5, 0.6) is 0 Å². The molecule has 0 aliphatic heterocycles. The van der Waals surface area contributed by atoms with Crippen LogP contribution in [-0.4, -0.2) is 11.1 Å². The van der Waals surface area contributed by atoms with E-state index in [1.165, 1.54) is 12.8 Å². The van der Waals surface area contributed by atoms with Crippen LogP contribution in [0.4, 0.5) is 8.78 Å². The first-order chi connectivity index (χ1) is 11.5. The Labute approximate surface area is 140 Å². The summed E-state index contributed by atoms with van der Waals surface area (Å²) in [5.41, 5.74) is 0.800. The molecule has 2 rings (SSSR count). The number of carboxylic acid groups (broad SMARTS) is 1. The second kappa shape index (κ2) is 8.39. The van der Waals surface area contributed by atoms with Crippen molar-refractivity contribution in [3.05, 3.63) is 65.2 Å². The number of hydrogen-bond acceptors (Lipinski definition) is 1.